The maximum Gasteiger partial charge on any atom is 0.201 e. The fourth-order valence-electron chi connectivity index (χ4n) is 3.10. The highest BCUT2D eigenvalue weighted by molar-refractivity contribution is 6.34. The number of hydrogen-bond donors (Lipinski definition) is 0. The van der Waals surface area contributed by atoms with E-state index in [4.69, 9.17) is 25.8 Å². The molecule has 0 unspecified atom stereocenters. The van der Waals surface area contributed by atoms with E-state index < -0.39 is 0 Å². The highest BCUT2D eigenvalue weighted by Crippen LogP contribution is 2.44. The topological polar surface area (TPSA) is 44.8 Å². The quantitative estimate of drug-likeness (QED) is 0.731. The van der Waals surface area contributed by atoms with E-state index in [1.54, 1.807) is 20.3 Å². The number of benzene rings is 2. The number of ether oxygens (including phenoxy) is 3. The van der Waals surface area contributed by atoms with Gasteiger partial charge in [0.25, 0.3) is 0 Å². The number of fused-ring (bicyclic) bond motifs is 2. The van der Waals surface area contributed by atoms with Crippen molar-refractivity contribution in [3.05, 3.63) is 51.0 Å². The summed E-state index contributed by atoms with van der Waals surface area (Å²) in [5.74, 6) is 1.28. The molecule has 0 fully saturated rings. The molecule has 1 aliphatic carbocycles. The second-order valence-electron chi connectivity index (χ2n) is 5.47. The Hall–Kier alpha value is -2.20. The summed E-state index contributed by atoms with van der Waals surface area (Å²) in [6.45, 7) is 1.98. The number of rotatable bonds is 3. The second kappa shape index (κ2) is 5.78. The molecule has 2 aromatic rings. The van der Waals surface area contributed by atoms with E-state index in [9.17, 15) is 4.79 Å². The number of carbonyl (C=O) groups is 1. The van der Waals surface area contributed by atoms with Crippen molar-refractivity contribution in [2.24, 2.45) is 0 Å². The zero-order valence-corrected chi connectivity index (χ0v) is 14.2. The summed E-state index contributed by atoms with van der Waals surface area (Å²) in [6, 6.07) is 5.67. The Morgan fingerprint density at radius 1 is 0.913 bits per heavy atom. The molecule has 1 aliphatic rings. The monoisotopic (exact) mass is 332 g/mol. The van der Waals surface area contributed by atoms with Gasteiger partial charge in [-0.15, -0.1) is 0 Å². The molecule has 3 rings (SSSR count). The lowest BCUT2D eigenvalue weighted by molar-refractivity contribution is 0.102. The first kappa shape index (κ1) is 15.7. The van der Waals surface area contributed by atoms with Gasteiger partial charge in [-0.1, -0.05) is 17.7 Å². The molecule has 0 bridgehead atoms. The molecule has 0 heterocycles. The SMILES string of the molecule is COc1cc2c(c(OC)c1Cl)C(=O)c1c(cc(C)cc1OC)C2. The summed E-state index contributed by atoms with van der Waals surface area (Å²) in [4.78, 5) is 13.1. The smallest absolute Gasteiger partial charge is 0.201 e. The van der Waals surface area contributed by atoms with E-state index in [1.807, 2.05) is 19.1 Å². The minimum Gasteiger partial charge on any atom is -0.496 e. The minimum absolute atomic E-state index is 0.139. The van der Waals surface area contributed by atoms with Crippen LogP contribution in [0.15, 0.2) is 18.2 Å². The number of ketones is 1. The van der Waals surface area contributed by atoms with Gasteiger partial charge in [0.2, 0.25) is 5.78 Å². The van der Waals surface area contributed by atoms with Gasteiger partial charge in [0.15, 0.2) is 5.75 Å². The predicted octanol–water partition coefficient (Wildman–Crippen LogP) is 3.81. The largest absolute Gasteiger partial charge is 0.496 e. The molecular weight excluding hydrogens is 316 g/mol. The molecule has 0 spiro atoms. The molecule has 0 aromatic heterocycles. The van der Waals surface area contributed by atoms with Gasteiger partial charge in [0.05, 0.1) is 32.5 Å². The molecule has 2 aromatic carbocycles. The molecule has 0 radical (unpaired) electrons. The van der Waals surface area contributed by atoms with E-state index in [2.05, 4.69) is 0 Å². The molecule has 0 saturated carbocycles. The highest BCUT2D eigenvalue weighted by atomic mass is 35.5. The molecule has 0 saturated heterocycles. The summed E-state index contributed by atoms with van der Waals surface area (Å²) in [6.07, 6.45) is 0.596. The van der Waals surface area contributed by atoms with Crippen LogP contribution in [-0.4, -0.2) is 27.1 Å². The highest BCUT2D eigenvalue weighted by Gasteiger charge is 2.32. The third kappa shape index (κ3) is 2.34. The normalized spacial score (nSPS) is 12.5. The number of aryl methyl sites for hydroxylation is 1. The third-order valence-corrected chi connectivity index (χ3v) is 4.43. The van der Waals surface area contributed by atoms with Gasteiger partial charge in [-0.05, 0) is 42.2 Å². The average Bonchev–Trinajstić information content (AvgIpc) is 2.53. The van der Waals surface area contributed by atoms with E-state index in [1.165, 1.54) is 7.11 Å². The summed E-state index contributed by atoms with van der Waals surface area (Å²) in [7, 11) is 4.60. The number of methoxy groups -OCH3 is 3. The van der Waals surface area contributed by atoms with E-state index >= 15 is 0 Å². The molecule has 0 atom stereocenters. The van der Waals surface area contributed by atoms with Gasteiger partial charge in [-0.3, -0.25) is 4.79 Å². The van der Waals surface area contributed by atoms with E-state index in [-0.39, 0.29) is 5.78 Å². The Morgan fingerprint density at radius 3 is 2.17 bits per heavy atom. The molecule has 5 heteroatoms. The molecule has 0 N–H and O–H groups in total. The summed E-state index contributed by atoms with van der Waals surface area (Å²) in [5.41, 5.74) is 3.88. The van der Waals surface area contributed by atoms with Crippen LogP contribution < -0.4 is 14.2 Å². The summed E-state index contributed by atoms with van der Waals surface area (Å²) < 4.78 is 16.1. The summed E-state index contributed by atoms with van der Waals surface area (Å²) in [5, 5.41) is 0.302. The van der Waals surface area contributed by atoms with Crippen molar-refractivity contribution >= 4 is 17.4 Å². The first-order chi connectivity index (χ1) is 11.0. The van der Waals surface area contributed by atoms with Gasteiger partial charge >= 0.3 is 0 Å². The van der Waals surface area contributed by atoms with E-state index in [0.29, 0.717) is 39.8 Å². The lowest BCUT2D eigenvalue weighted by Crippen LogP contribution is -2.18. The second-order valence-corrected chi connectivity index (χ2v) is 5.85. The van der Waals surface area contributed by atoms with Crippen LogP contribution in [0.4, 0.5) is 0 Å². The van der Waals surface area contributed by atoms with Crippen molar-refractivity contribution in [2.75, 3.05) is 21.3 Å². The van der Waals surface area contributed by atoms with Gasteiger partial charge < -0.3 is 14.2 Å². The maximum absolute atomic E-state index is 13.1. The Morgan fingerprint density at radius 2 is 1.57 bits per heavy atom. The zero-order valence-electron chi connectivity index (χ0n) is 13.5. The molecule has 0 amide bonds. The fourth-order valence-corrected chi connectivity index (χ4v) is 3.41. The van der Waals surface area contributed by atoms with Crippen LogP contribution in [0, 0.1) is 6.92 Å². The van der Waals surface area contributed by atoms with Crippen molar-refractivity contribution in [3.8, 4) is 17.2 Å². The number of halogens is 1. The van der Waals surface area contributed by atoms with Crippen molar-refractivity contribution in [3.63, 3.8) is 0 Å². The van der Waals surface area contributed by atoms with Crippen molar-refractivity contribution in [2.45, 2.75) is 13.3 Å². The minimum atomic E-state index is -0.139. The Bertz CT molecular complexity index is 811. The van der Waals surface area contributed by atoms with Crippen molar-refractivity contribution < 1.29 is 19.0 Å². The van der Waals surface area contributed by atoms with Gasteiger partial charge in [0.1, 0.15) is 16.5 Å². The van der Waals surface area contributed by atoms with Crippen LogP contribution in [0.5, 0.6) is 17.2 Å². The van der Waals surface area contributed by atoms with Gasteiger partial charge in [-0.2, -0.15) is 0 Å². The van der Waals surface area contributed by atoms with Gasteiger partial charge in [0, 0.05) is 0 Å². The van der Waals surface area contributed by atoms with Crippen LogP contribution in [0.1, 0.15) is 32.6 Å². The Kier molecular flexibility index (Phi) is 3.94. The lowest BCUT2D eigenvalue weighted by atomic mass is 9.83. The predicted molar refractivity (Wildman–Crippen MR) is 88.5 cm³/mol. The number of hydrogen-bond acceptors (Lipinski definition) is 4. The lowest BCUT2D eigenvalue weighted by Gasteiger charge is -2.24. The molecule has 23 heavy (non-hydrogen) atoms. The first-order valence-electron chi connectivity index (χ1n) is 7.17. The Labute approximate surface area is 139 Å². The van der Waals surface area contributed by atoms with Crippen LogP contribution >= 0.6 is 11.6 Å². The maximum atomic E-state index is 13.1. The first-order valence-corrected chi connectivity index (χ1v) is 7.55. The Balaban J connectivity index is 2.29. The van der Waals surface area contributed by atoms with Crippen molar-refractivity contribution in [1.29, 1.82) is 0 Å². The zero-order chi connectivity index (χ0) is 16.7. The standard InChI is InChI=1S/C18H17ClO4/c1-9-5-10-7-11-8-13(22-3)16(19)18(23-4)15(11)17(20)14(10)12(6-9)21-2/h5-6,8H,7H2,1-4H3. The van der Waals surface area contributed by atoms with E-state index in [0.717, 1.165) is 16.7 Å². The van der Waals surface area contributed by atoms with Crippen LogP contribution in [-0.2, 0) is 6.42 Å². The number of carbonyl (C=O) groups excluding carboxylic acids is 1. The molecule has 120 valence electrons. The molecular formula is C18H17ClO4. The fraction of sp³-hybridized carbons (Fsp3) is 0.278. The van der Waals surface area contributed by atoms with Crippen molar-refractivity contribution in [1.82, 2.24) is 0 Å². The molecule has 4 nitrogen and oxygen atoms in total. The van der Waals surface area contributed by atoms with Crippen LogP contribution in [0.2, 0.25) is 5.02 Å². The third-order valence-electron chi connectivity index (χ3n) is 4.08. The van der Waals surface area contributed by atoms with Gasteiger partial charge in [-0.25, -0.2) is 0 Å². The van der Waals surface area contributed by atoms with Crippen LogP contribution in [0.3, 0.4) is 0 Å². The molecule has 0 aliphatic heterocycles. The summed E-state index contributed by atoms with van der Waals surface area (Å²) >= 11 is 6.30. The van der Waals surface area contributed by atoms with Crippen LogP contribution in [0.25, 0.3) is 0 Å². The average molecular weight is 333 g/mol.